The van der Waals surface area contributed by atoms with E-state index in [1.54, 1.807) is 18.2 Å². The molecule has 63 heavy (non-hydrogen) atoms. The Morgan fingerprint density at radius 2 is 1.60 bits per heavy atom. The fourth-order valence-electron chi connectivity index (χ4n) is 10.8. The van der Waals surface area contributed by atoms with Gasteiger partial charge in [-0.2, -0.15) is 0 Å². The van der Waals surface area contributed by atoms with Crippen molar-refractivity contribution in [3.05, 3.63) is 107 Å². The molecular formula is C50H56N6O7. The van der Waals surface area contributed by atoms with E-state index in [2.05, 4.69) is 68.3 Å². The average Bonchev–Trinajstić information content (AvgIpc) is 3.83. The summed E-state index contributed by atoms with van der Waals surface area (Å²) in [5, 5.41) is 19.3. The number of anilines is 2. The molecule has 4 atom stereocenters. The van der Waals surface area contributed by atoms with Crippen LogP contribution in [0.25, 0.3) is 11.1 Å². The van der Waals surface area contributed by atoms with Gasteiger partial charge in [0.05, 0.1) is 30.4 Å². The topological polar surface area (TPSA) is 170 Å². The van der Waals surface area contributed by atoms with Crippen LogP contribution in [-0.2, 0) is 20.9 Å². The van der Waals surface area contributed by atoms with Crippen molar-refractivity contribution >= 4 is 40.9 Å². The van der Waals surface area contributed by atoms with Crippen molar-refractivity contribution < 1.29 is 33.8 Å². The Hall–Kier alpha value is -5.92. The minimum Gasteiger partial charge on any atom is -0.493 e. The number of aliphatic hydroxyl groups excluding tert-OH is 1. The first kappa shape index (κ1) is 42.4. The Labute approximate surface area is 368 Å². The summed E-state index contributed by atoms with van der Waals surface area (Å²) in [5.74, 6) is -0.236. The van der Waals surface area contributed by atoms with Crippen LogP contribution in [0.1, 0.15) is 115 Å². The largest absolute Gasteiger partial charge is 0.493 e. The van der Waals surface area contributed by atoms with Gasteiger partial charge in [-0.3, -0.25) is 44.1 Å². The van der Waals surface area contributed by atoms with Gasteiger partial charge in [-0.25, -0.2) is 0 Å². The number of nitrogens with zero attached hydrogens (tertiary/aromatic N) is 3. The fraction of sp³-hybridized carbons (Fsp3) is 0.440. The predicted molar refractivity (Wildman–Crippen MR) is 238 cm³/mol. The fourth-order valence-corrected chi connectivity index (χ4v) is 10.8. The molecule has 2 saturated heterocycles. The quantitative estimate of drug-likeness (QED) is 0.0705. The van der Waals surface area contributed by atoms with E-state index in [0.29, 0.717) is 36.5 Å². The minimum absolute atomic E-state index is 0.0143. The van der Waals surface area contributed by atoms with Crippen LogP contribution in [-0.4, -0.2) is 81.3 Å². The van der Waals surface area contributed by atoms with E-state index >= 15 is 0 Å². The molecule has 13 nitrogen and oxygen atoms in total. The zero-order valence-electron chi connectivity index (χ0n) is 35.6. The zero-order valence-corrected chi connectivity index (χ0v) is 35.6. The SMILES string of the molecule is O=C1CCC(N2C(=O)c3cccc(OCCCC4CCC(CCCC(=O)Nc5cccc(-c6ccc7c(c6)[C@H]6[C@H](CCN6Cc6ccncc6)[C@@H](CO)N7)c5)CC4)c3C2=O)C(=O)N1. The average molecular weight is 853 g/mol. The maximum Gasteiger partial charge on any atom is 0.266 e. The number of hydrogen-bond acceptors (Lipinski definition) is 10. The molecule has 0 radical (unpaired) electrons. The number of ether oxygens (including phenoxy) is 1. The zero-order chi connectivity index (χ0) is 43.5. The number of likely N-dealkylation sites (tertiary alicyclic amines) is 1. The first-order valence-electron chi connectivity index (χ1n) is 22.8. The van der Waals surface area contributed by atoms with Gasteiger partial charge in [0.25, 0.3) is 11.8 Å². The summed E-state index contributed by atoms with van der Waals surface area (Å²) in [4.78, 5) is 71.4. The lowest BCUT2D eigenvalue weighted by molar-refractivity contribution is -0.136. The van der Waals surface area contributed by atoms with Gasteiger partial charge < -0.3 is 20.5 Å². The molecule has 13 heteroatoms. The number of benzene rings is 3. The maximum absolute atomic E-state index is 13.4. The highest BCUT2D eigenvalue weighted by Gasteiger charge is 2.46. The highest BCUT2D eigenvalue weighted by atomic mass is 16.5. The highest BCUT2D eigenvalue weighted by molar-refractivity contribution is 6.24. The number of pyridine rings is 1. The second kappa shape index (κ2) is 18.8. The number of fused-ring (bicyclic) bond motifs is 4. The number of piperidine rings is 1. The smallest absolute Gasteiger partial charge is 0.266 e. The van der Waals surface area contributed by atoms with Gasteiger partial charge in [-0.05, 0) is 128 Å². The lowest BCUT2D eigenvalue weighted by Gasteiger charge is -2.39. The van der Waals surface area contributed by atoms with Crippen LogP contribution in [0.2, 0.25) is 0 Å². The normalized spacial score (nSPS) is 24.3. The Morgan fingerprint density at radius 1 is 0.841 bits per heavy atom. The number of carbonyl (C=O) groups is 5. The second-order valence-corrected chi connectivity index (χ2v) is 18.0. The van der Waals surface area contributed by atoms with Crippen molar-refractivity contribution in [2.24, 2.45) is 17.8 Å². The lowest BCUT2D eigenvalue weighted by atomic mass is 9.78. The minimum atomic E-state index is -1.01. The van der Waals surface area contributed by atoms with E-state index in [4.69, 9.17) is 4.74 Å². The molecular weight excluding hydrogens is 797 g/mol. The molecule has 5 aliphatic rings. The van der Waals surface area contributed by atoms with Crippen molar-refractivity contribution in [3.8, 4) is 16.9 Å². The molecule has 4 aromatic rings. The van der Waals surface area contributed by atoms with Crippen molar-refractivity contribution in [1.82, 2.24) is 20.1 Å². The number of amides is 5. The van der Waals surface area contributed by atoms with Gasteiger partial charge in [0, 0.05) is 55.1 Å². The van der Waals surface area contributed by atoms with Crippen LogP contribution in [0.3, 0.4) is 0 Å². The van der Waals surface area contributed by atoms with Gasteiger partial charge in [-0.15, -0.1) is 0 Å². The predicted octanol–water partition coefficient (Wildman–Crippen LogP) is 7.27. The number of carbonyl (C=O) groups excluding carboxylic acids is 5. The summed E-state index contributed by atoms with van der Waals surface area (Å²) in [7, 11) is 0. The summed E-state index contributed by atoms with van der Waals surface area (Å²) >= 11 is 0. The monoisotopic (exact) mass is 852 g/mol. The maximum atomic E-state index is 13.4. The third-order valence-corrected chi connectivity index (χ3v) is 14.0. The first-order valence-corrected chi connectivity index (χ1v) is 22.8. The van der Waals surface area contributed by atoms with Crippen molar-refractivity contribution in [1.29, 1.82) is 0 Å². The number of hydrogen-bond donors (Lipinski definition) is 4. The van der Waals surface area contributed by atoms with Crippen LogP contribution >= 0.6 is 0 Å². The van der Waals surface area contributed by atoms with Gasteiger partial charge in [0.1, 0.15) is 11.8 Å². The molecule has 1 aromatic heterocycles. The molecule has 1 aliphatic carbocycles. The van der Waals surface area contributed by atoms with Crippen molar-refractivity contribution in [3.63, 3.8) is 0 Å². The first-order chi connectivity index (χ1) is 30.7. The van der Waals surface area contributed by atoms with Gasteiger partial charge in [0.2, 0.25) is 17.7 Å². The van der Waals surface area contributed by atoms with Gasteiger partial charge in [0.15, 0.2) is 0 Å². The van der Waals surface area contributed by atoms with E-state index in [1.165, 1.54) is 11.1 Å². The number of nitrogens with one attached hydrogen (secondary N) is 3. The van der Waals surface area contributed by atoms with Gasteiger partial charge in [-0.1, -0.05) is 49.9 Å². The van der Waals surface area contributed by atoms with Gasteiger partial charge >= 0.3 is 0 Å². The van der Waals surface area contributed by atoms with E-state index < -0.39 is 29.7 Å². The lowest BCUT2D eigenvalue weighted by Crippen LogP contribution is -2.54. The van der Waals surface area contributed by atoms with Crippen molar-refractivity contribution in [2.75, 3.05) is 30.4 Å². The van der Waals surface area contributed by atoms with E-state index in [1.807, 2.05) is 24.5 Å². The van der Waals surface area contributed by atoms with E-state index in [0.717, 1.165) is 98.3 Å². The van der Waals surface area contributed by atoms with Crippen molar-refractivity contribution in [2.45, 2.75) is 102 Å². The van der Waals surface area contributed by atoms with E-state index in [9.17, 15) is 29.1 Å². The Balaban J connectivity index is 0.713. The summed E-state index contributed by atoms with van der Waals surface area (Å²) in [5.41, 5.74) is 6.89. The van der Waals surface area contributed by atoms with Crippen LogP contribution in [0.5, 0.6) is 5.75 Å². The Kier molecular flexibility index (Phi) is 12.7. The number of aliphatic hydroxyl groups is 1. The molecule has 3 fully saturated rings. The summed E-state index contributed by atoms with van der Waals surface area (Å²) in [6.45, 7) is 2.31. The molecule has 5 heterocycles. The summed E-state index contributed by atoms with van der Waals surface area (Å²) in [6.07, 6.45) is 13.7. The molecule has 328 valence electrons. The van der Waals surface area contributed by atoms with Crippen LogP contribution < -0.4 is 20.7 Å². The standard InChI is InChI=1S/C50H56N6O7/c57-30-41-37-22-25-55(29-33-20-23-51-24-21-33)47(37)39-28-35(16-17-40(39)53-41)34-7-2-8-36(27-34)52-44(58)11-1-5-31-12-14-32(15-13-31)6-4-26-63-43-10-3-9-38-46(43)50(62)56(49(38)61)42-18-19-45(59)54-48(42)60/h2-3,7-10,16-17,20-21,23-24,27-28,31-32,37,41-42,47,53,57H,1,4-6,11-15,18-19,22,25-26,29-30H2,(H,52,58)(H,54,59,60)/t31?,32?,37-,41-,42?,47-/m1/s1. The third kappa shape index (κ3) is 9.12. The summed E-state index contributed by atoms with van der Waals surface area (Å²) < 4.78 is 6.06. The molecule has 9 rings (SSSR count). The highest BCUT2D eigenvalue weighted by Crippen LogP contribution is 2.48. The number of imide groups is 2. The number of rotatable bonds is 15. The Morgan fingerprint density at radius 3 is 2.38 bits per heavy atom. The molecule has 1 unspecified atom stereocenters. The molecule has 0 bridgehead atoms. The molecule has 0 spiro atoms. The number of aromatic nitrogens is 1. The molecule has 3 aromatic carbocycles. The van der Waals surface area contributed by atoms with E-state index in [-0.39, 0.29) is 48.6 Å². The molecule has 4 aliphatic heterocycles. The molecule has 1 saturated carbocycles. The summed E-state index contributed by atoms with van der Waals surface area (Å²) in [6, 6.07) is 22.9. The Bertz CT molecular complexity index is 2360. The third-order valence-electron chi connectivity index (χ3n) is 14.0. The molecule has 4 N–H and O–H groups in total. The van der Waals surface area contributed by atoms with Crippen LogP contribution in [0.15, 0.2) is 85.2 Å². The van der Waals surface area contributed by atoms with Crippen LogP contribution in [0, 0.1) is 17.8 Å². The molecule has 5 amide bonds. The van der Waals surface area contributed by atoms with Crippen LogP contribution in [0.4, 0.5) is 11.4 Å². The second-order valence-electron chi connectivity index (χ2n) is 18.0.